The Morgan fingerprint density at radius 2 is 1.83 bits per heavy atom. The smallest absolute Gasteiger partial charge is 0.338 e. The van der Waals surface area contributed by atoms with Crippen LogP contribution in [0.5, 0.6) is 17.2 Å². The van der Waals surface area contributed by atoms with Crippen LogP contribution in [0.25, 0.3) is 10.9 Å². The molecule has 1 saturated heterocycles. The molecular formula is C27H24N2O7. The van der Waals surface area contributed by atoms with Crippen molar-refractivity contribution in [3.63, 3.8) is 0 Å². The minimum atomic E-state index is -0.547. The number of likely N-dealkylation sites (tertiary alicyclic amines) is 1. The second kappa shape index (κ2) is 7.61. The zero-order chi connectivity index (χ0) is 25.4. The topological polar surface area (TPSA) is 107 Å². The molecule has 1 aromatic heterocycles. The Bertz CT molecular complexity index is 1520. The molecule has 3 aliphatic rings. The lowest BCUT2D eigenvalue weighted by Gasteiger charge is -2.29. The normalized spacial score (nSPS) is 21.3. The van der Waals surface area contributed by atoms with Gasteiger partial charge >= 0.3 is 5.97 Å². The highest BCUT2D eigenvalue weighted by Crippen LogP contribution is 2.67. The van der Waals surface area contributed by atoms with Gasteiger partial charge in [0.05, 0.1) is 39.5 Å². The van der Waals surface area contributed by atoms with Gasteiger partial charge in [0, 0.05) is 34.7 Å². The van der Waals surface area contributed by atoms with Crippen LogP contribution in [-0.4, -0.2) is 62.5 Å². The molecule has 1 N–H and O–H groups in total. The maximum atomic E-state index is 13.7. The van der Waals surface area contributed by atoms with Crippen molar-refractivity contribution in [3.05, 3.63) is 64.5 Å². The number of hydrogen-bond donors (Lipinski definition) is 1. The fourth-order valence-corrected chi connectivity index (χ4v) is 5.96. The number of esters is 1. The zero-order valence-electron chi connectivity index (χ0n) is 20.3. The van der Waals surface area contributed by atoms with E-state index in [1.54, 1.807) is 29.2 Å². The molecule has 1 saturated carbocycles. The molecule has 9 heteroatoms. The van der Waals surface area contributed by atoms with Crippen molar-refractivity contribution >= 4 is 28.6 Å². The summed E-state index contributed by atoms with van der Waals surface area (Å²) in [5.74, 6) is 0.422. The summed E-state index contributed by atoms with van der Waals surface area (Å²) in [4.78, 5) is 44.2. The van der Waals surface area contributed by atoms with Gasteiger partial charge in [-0.25, -0.2) is 4.79 Å². The molecule has 2 aromatic carbocycles. The number of benzene rings is 2. The predicted molar refractivity (Wildman–Crippen MR) is 129 cm³/mol. The van der Waals surface area contributed by atoms with Gasteiger partial charge < -0.3 is 28.8 Å². The summed E-state index contributed by atoms with van der Waals surface area (Å²) in [6.07, 6.45) is 2.33. The molecule has 2 atom stereocenters. The summed E-state index contributed by atoms with van der Waals surface area (Å²) in [7, 11) is 5.88. The third-order valence-corrected chi connectivity index (χ3v) is 7.62. The highest BCUT2D eigenvalue weighted by atomic mass is 16.5. The summed E-state index contributed by atoms with van der Waals surface area (Å²) >= 11 is 0. The lowest BCUT2D eigenvalue weighted by atomic mass is 9.79. The van der Waals surface area contributed by atoms with E-state index in [2.05, 4.69) is 4.98 Å². The van der Waals surface area contributed by atoms with Crippen LogP contribution < -0.4 is 14.2 Å². The van der Waals surface area contributed by atoms with Gasteiger partial charge in [-0.2, -0.15) is 0 Å². The van der Waals surface area contributed by atoms with Crippen molar-refractivity contribution in [1.29, 1.82) is 0 Å². The van der Waals surface area contributed by atoms with Crippen LogP contribution in [0.4, 0.5) is 0 Å². The number of H-pyrrole nitrogens is 1. The number of carbonyl (C=O) groups excluding carboxylic acids is 3. The first-order valence-electron chi connectivity index (χ1n) is 11.5. The van der Waals surface area contributed by atoms with E-state index < -0.39 is 11.4 Å². The number of rotatable bonds is 5. The average molecular weight is 488 g/mol. The van der Waals surface area contributed by atoms with E-state index in [-0.39, 0.29) is 23.2 Å². The molecule has 9 nitrogen and oxygen atoms in total. The van der Waals surface area contributed by atoms with Crippen LogP contribution in [0.15, 0.2) is 42.1 Å². The molecule has 2 aliphatic carbocycles. The quantitative estimate of drug-likeness (QED) is 0.548. The van der Waals surface area contributed by atoms with Crippen LogP contribution in [0.3, 0.4) is 0 Å². The summed E-state index contributed by atoms with van der Waals surface area (Å²) < 4.78 is 21.3. The van der Waals surface area contributed by atoms with Crippen molar-refractivity contribution in [2.75, 3.05) is 35.0 Å². The zero-order valence-corrected chi connectivity index (χ0v) is 20.3. The Morgan fingerprint density at radius 3 is 2.53 bits per heavy atom. The van der Waals surface area contributed by atoms with Gasteiger partial charge in [0.15, 0.2) is 17.3 Å². The summed E-state index contributed by atoms with van der Waals surface area (Å²) in [6.45, 7) is 0.485. The van der Waals surface area contributed by atoms with Gasteiger partial charge in [0.1, 0.15) is 5.69 Å². The Morgan fingerprint density at radius 1 is 1.06 bits per heavy atom. The first-order chi connectivity index (χ1) is 17.4. The number of aromatic amines is 1. The van der Waals surface area contributed by atoms with Gasteiger partial charge in [-0.1, -0.05) is 12.1 Å². The maximum absolute atomic E-state index is 13.7. The van der Waals surface area contributed by atoms with E-state index in [9.17, 15) is 14.4 Å². The number of carbonyl (C=O) groups is 3. The first kappa shape index (κ1) is 22.2. The van der Waals surface area contributed by atoms with Crippen LogP contribution in [0.2, 0.25) is 0 Å². The average Bonchev–Trinajstić information content (AvgIpc) is 3.29. The number of ether oxygens (including phenoxy) is 4. The molecule has 2 heterocycles. The molecule has 6 rings (SSSR count). The fourth-order valence-electron chi connectivity index (χ4n) is 5.96. The molecule has 1 spiro atoms. The number of hydrogen-bond acceptors (Lipinski definition) is 7. The third kappa shape index (κ3) is 2.73. The molecule has 2 fully saturated rings. The monoisotopic (exact) mass is 488 g/mol. The predicted octanol–water partition coefficient (Wildman–Crippen LogP) is 3.47. The molecule has 3 aromatic rings. The Balaban J connectivity index is 1.42. The standard InChI is InChI=1S/C27H24N2O7/c1-33-19-9-13-8-17(28-22(13)24(35-3)23(19)34-2)25(31)29-12-14-11-27(14)16-7-5-6-15(26(32)36-4)21(16)18(30)10-20(27)29/h5-10,14,28H,11-12H2,1-4H3/t14-,27-/m0/s1. The minimum absolute atomic E-state index is 0.173. The largest absolute Gasteiger partial charge is 0.493 e. The second-order valence-electron chi connectivity index (χ2n) is 9.19. The number of nitrogens with one attached hydrogen (secondary N) is 1. The van der Waals surface area contributed by atoms with E-state index in [0.29, 0.717) is 46.3 Å². The second-order valence-corrected chi connectivity index (χ2v) is 9.19. The van der Waals surface area contributed by atoms with Crippen molar-refractivity contribution in [3.8, 4) is 17.2 Å². The van der Waals surface area contributed by atoms with Crippen LogP contribution in [0.1, 0.15) is 43.2 Å². The van der Waals surface area contributed by atoms with Crippen LogP contribution in [0, 0.1) is 5.92 Å². The van der Waals surface area contributed by atoms with Crippen molar-refractivity contribution in [2.45, 2.75) is 11.8 Å². The van der Waals surface area contributed by atoms with E-state index in [1.807, 2.05) is 6.07 Å². The van der Waals surface area contributed by atoms with E-state index in [1.165, 1.54) is 34.5 Å². The molecule has 36 heavy (non-hydrogen) atoms. The number of fused-ring (bicyclic) bond motifs is 2. The minimum Gasteiger partial charge on any atom is -0.493 e. The van der Waals surface area contributed by atoms with Gasteiger partial charge in [0.25, 0.3) is 5.91 Å². The van der Waals surface area contributed by atoms with E-state index in [0.717, 1.165) is 17.4 Å². The van der Waals surface area contributed by atoms with Gasteiger partial charge in [-0.3, -0.25) is 9.59 Å². The highest BCUT2D eigenvalue weighted by molar-refractivity contribution is 6.15. The van der Waals surface area contributed by atoms with Crippen molar-refractivity contribution < 1.29 is 33.3 Å². The number of amides is 1. The van der Waals surface area contributed by atoms with Crippen LogP contribution >= 0.6 is 0 Å². The number of methoxy groups -OCH3 is 4. The third-order valence-electron chi connectivity index (χ3n) is 7.62. The number of piperidine rings is 1. The fraction of sp³-hybridized carbons (Fsp3) is 0.296. The molecular weight excluding hydrogens is 464 g/mol. The summed E-state index contributed by atoms with van der Waals surface area (Å²) in [5.41, 5.74) is 2.62. The number of nitrogens with zero attached hydrogens (tertiary/aromatic N) is 1. The molecule has 0 bridgehead atoms. The number of allylic oxidation sites excluding steroid dienone is 2. The van der Waals surface area contributed by atoms with Gasteiger partial charge in [-0.15, -0.1) is 0 Å². The summed E-state index contributed by atoms with van der Waals surface area (Å²) in [5, 5.41) is 0.730. The molecule has 184 valence electrons. The number of aromatic nitrogens is 1. The van der Waals surface area contributed by atoms with Crippen LogP contribution in [-0.2, 0) is 10.2 Å². The van der Waals surface area contributed by atoms with Gasteiger partial charge in [0.2, 0.25) is 5.75 Å². The maximum Gasteiger partial charge on any atom is 0.338 e. The van der Waals surface area contributed by atoms with E-state index in [4.69, 9.17) is 18.9 Å². The SMILES string of the molecule is COC(=O)c1cccc2c1C(=O)C=C1N(C(=O)c3cc4cc(OC)c(OC)c(OC)c4[nH]3)C[C@@H]3C[C@@]123. The molecule has 1 amide bonds. The molecule has 1 aliphatic heterocycles. The van der Waals surface area contributed by atoms with Crippen molar-refractivity contribution in [1.82, 2.24) is 9.88 Å². The van der Waals surface area contributed by atoms with Crippen molar-refractivity contribution in [2.24, 2.45) is 5.92 Å². The Hall–Kier alpha value is -4.27. The summed E-state index contributed by atoms with van der Waals surface area (Å²) in [6, 6.07) is 8.77. The first-order valence-corrected chi connectivity index (χ1v) is 11.5. The molecule has 0 radical (unpaired) electrons. The Labute approximate surface area is 206 Å². The highest BCUT2D eigenvalue weighted by Gasteiger charge is 2.67. The Kier molecular flexibility index (Phi) is 4.70. The molecule has 0 unspecified atom stereocenters. The lowest BCUT2D eigenvalue weighted by molar-refractivity contribution is 0.0596. The van der Waals surface area contributed by atoms with Gasteiger partial charge in [-0.05, 0) is 36.1 Å². The lowest BCUT2D eigenvalue weighted by Crippen LogP contribution is -2.34. The number of ketones is 1. The van der Waals surface area contributed by atoms with E-state index >= 15 is 0 Å².